The van der Waals surface area contributed by atoms with Gasteiger partial charge in [-0.3, -0.25) is 4.79 Å². The van der Waals surface area contributed by atoms with Crippen LogP contribution < -0.4 is 0 Å². The van der Waals surface area contributed by atoms with E-state index in [1.807, 2.05) is 35.2 Å². The third-order valence-electron chi connectivity index (χ3n) is 4.54. The maximum absolute atomic E-state index is 12.8. The highest BCUT2D eigenvalue weighted by molar-refractivity contribution is 5.93. The van der Waals surface area contributed by atoms with Crippen LogP contribution in [-0.2, 0) is 6.42 Å². The number of carboxylic acid groups (broad SMARTS) is 1. The van der Waals surface area contributed by atoms with Crippen LogP contribution >= 0.6 is 0 Å². The van der Waals surface area contributed by atoms with Gasteiger partial charge in [0.05, 0.1) is 0 Å². The Balaban J connectivity index is 1.75. The Morgan fingerprint density at radius 1 is 1.04 bits per heavy atom. The molecule has 1 N–H and O–H groups in total. The Bertz CT molecular complexity index is 701. The number of nitrogens with zero attached hydrogens (tertiary/aromatic N) is 1. The molecular formula is C19H21NO4. The summed E-state index contributed by atoms with van der Waals surface area (Å²) in [4.78, 5) is 25.6. The van der Waals surface area contributed by atoms with E-state index in [-0.39, 0.29) is 23.5 Å². The number of amides is 1. The minimum atomic E-state index is -1.16. The number of hydrogen-bond acceptors (Lipinski definition) is 3. The van der Waals surface area contributed by atoms with Crippen molar-refractivity contribution in [2.45, 2.75) is 38.1 Å². The molecule has 0 atom stereocenters. The second-order valence-electron chi connectivity index (χ2n) is 6.14. The zero-order valence-corrected chi connectivity index (χ0v) is 13.5. The van der Waals surface area contributed by atoms with Crippen LogP contribution in [0, 0.1) is 0 Å². The van der Waals surface area contributed by atoms with Crippen LogP contribution in [-0.4, -0.2) is 34.5 Å². The van der Waals surface area contributed by atoms with E-state index in [1.54, 1.807) is 0 Å². The van der Waals surface area contributed by atoms with Crippen LogP contribution in [0.15, 0.2) is 46.9 Å². The van der Waals surface area contributed by atoms with Crippen LogP contribution in [0.2, 0.25) is 0 Å². The fourth-order valence-corrected chi connectivity index (χ4v) is 3.27. The predicted molar refractivity (Wildman–Crippen MR) is 89.1 cm³/mol. The molecule has 0 spiro atoms. The van der Waals surface area contributed by atoms with Gasteiger partial charge in [0.25, 0.3) is 5.91 Å². The number of benzene rings is 1. The normalized spacial score (nSPS) is 14.7. The Morgan fingerprint density at radius 3 is 2.33 bits per heavy atom. The Labute approximate surface area is 140 Å². The Kier molecular flexibility index (Phi) is 4.99. The van der Waals surface area contributed by atoms with Gasteiger partial charge in [0.1, 0.15) is 0 Å². The second kappa shape index (κ2) is 7.34. The maximum Gasteiger partial charge on any atom is 0.371 e. The molecule has 1 aromatic carbocycles. The number of furan rings is 1. The minimum Gasteiger partial charge on any atom is -0.475 e. The molecule has 5 heteroatoms. The van der Waals surface area contributed by atoms with Crippen molar-refractivity contribution < 1.29 is 19.1 Å². The molecule has 0 radical (unpaired) electrons. The fourth-order valence-electron chi connectivity index (χ4n) is 3.27. The summed E-state index contributed by atoms with van der Waals surface area (Å²) in [7, 11) is 0. The molecule has 126 valence electrons. The largest absolute Gasteiger partial charge is 0.475 e. The molecule has 0 bridgehead atoms. The van der Waals surface area contributed by atoms with Gasteiger partial charge < -0.3 is 14.4 Å². The SMILES string of the molecule is O=C(O)c1ccc(C(=O)N(CCc2ccccc2)C2CCCC2)o1. The van der Waals surface area contributed by atoms with Crippen molar-refractivity contribution >= 4 is 11.9 Å². The van der Waals surface area contributed by atoms with E-state index >= 15 is 0 Å². The van der Waals surface area contributed by atoms with Crippen molar-refractivity contribution in [3.8, 4) is 0 Å². The van der Waals surface area contributed by atoms with Crippen molar-refractivity contribution in [1.29, 1.82) is 0 Å². The van der Waals surface area contributed by atoms with Gasteiger partial charge in [-0.05, 0) is 37.0 Å². The summed E-state index contributed by atoms with van der Waals surface area (Å²) in [6.45, 7) is 0.608. The van der Waals surface area contributed by atoms with Crippen molar-refractivity contribution in [2.24, 2.45) is 0 Å². The van der Waals surface area contributed by atoms with Gasteiger partial charge in [-0.2, -0.15) is 0 Å². The first-order valence-corrected chi connectivity index (χ1v) is 8.33. The minimum absolute atomic E-state index is 0.104. The van der Waals surface area contributed by atoms with Crippen molar-refractivity contribution in [3.63, 3.8) is 0 Å². The van der Waals surface area contributed by atoms with Crippen molar-refractivity contribution in [3.05, 3.63) is 59.5 Å². The molecule has 1 aromatic heterocycles. The van der Waals surface area contributed by atoms with Crippen LogP contribution in [0.1, 0.15) is 52.4 Å². The average molecular weight is 327 g/mol. The summed E-state index contributed by atoms with van der Waals surface area (Å²) in [5.74, 6) is -1.48. The topological polar surface area (TPSA) is 70.8 Å². The van der Waals surface area contributed by atoms with Gasteiger partial charge in [-0.1, -0.05) is 43.2 Å². The van der Waals surface area contributed by atoms with E-state index in [0.717, 1.165) is 32.1 Å². The number of carbonyl (C=O) groups excluding carboxylic acids is 1. The molecule has 0 saturated heterocycles. The summed E-state index contributed by atoms with van der Waals surface area (Å²) < 4.78 is 5.21. The van der Waals surface area contributed by atoms with Crippen LogP contribution in [0.25, 0.3) is 0 Å². The lowest BCUT2D eigenvalue weighted by Crippen LogP contribution is -2.40. The number of rotatable bonds is 6. The lowest BCUT2D eigenvalue weighted by Gasteiger charge is -2.28. The molecule has 5 nitrogen and oxygen atoms in total. The number of carbonyl (C=O) groups is 2. The second-order valence-corrected chi connectivity index (χ2v) is 6.14. The van der Waals surface area contributed by atoms with Crippen LogP contribution in [0.4, 0.5) is 0 Å². The average Bonchev–Trinajstić information content (AvgIpc) is 3.28. The van der Waals surface area contributed by atoms with Crippen LogP contribution in [0.3, 0.4) is 0 Å². The molecule has 24 heavy (non-hydrogen) atoms. The van der Waals surface area contributed by atoms with Gasteiger partial charge in [0, 0.05) is 12.6 Å². The fraction of sp³-hybridized carbons (Fsp3) is 0.368. The highest BCUT2D eigenvalue weighted by atomic mass is 16.4. The lowest BCUT2D eigenvalue weighted by atomic mass is 10.1. The summed E-state index contributed by atoms with van der Waals surface area (Å²) in [6, 6.07) is 13.0. The van der Waals surface area contributed by atoms with Gasteiger partial charge in [-0.25, -0.2) is 4.79 Å². The summed E-state index contributed by atoms with van der Waals surface area (Å²) in [5.41, 5.74) is 1.18. The van der Waals surface area contributed by atoms with E-state index in [1.165, 1.54) is 17.7 Å². The van der Waals surface area contributed by atoms with Gasteiger partial charge >= 0.3 is 5.97 Å². The first-order chi connectivity index (χ1) is 11.6. The zero-order chi connectivity index (χ0) is 16.9. The third kappa shape index (κ3) is 3.67. The molecule has 0 aliphatic heterocycles. The van der Waals surface area contributed by atoms with Crippen LogP contribution in [0.5, 0.6) is 0 Å². The quantitative estimate of drug-likeness (QED) is 0.880. The standard InChI is InChI=1S/C19H21NO4/c21-18(16-10-11-17(24-16)19(22)23)20(15-8-4-5-9-15)13-12-14-6-2-1-3-7-14/h1-3,6-7,10-11,15H,4-5,8-9,12-13H2,(H,22,23). The predicted octanol–water partition coefficient (Wildman–Crippen LogP) is 3.61. The highest BCUT2D eigenvalue weighted by Gasteiger charge is 2.29. The highest BCUT2D eigenvalue weighted by Crippen LogP contribution is 2.25. The molecule has 3 rings (SSSR count). The molecule has 1 amide bonds. The van der Waals surface area contributed by atoms with Gasteiger partial charge in [-0.15, -0.1) is 0 Å². The molecular weight excluding hydrogens is 306 g/mol. The van der Waals surface area contributed by atoms with E-state index in [4.69, 9.17) is 9.52 Å². The number of hydrogen-bond donors (Lipinski definition) is 1. The van der Waals surface area contributed by atoms with E-state index in [2.05, 4.69) is 0 Å². The first kappa shape index (κ1) is 16.3. The zero-order valence-electron chi connectivity index (χ0n) is 13.5. The summed E-state index contributed by atoms with van der Waals surface area (Å²) in [6.07, 6.45) is 5.01. The van der Waals surface area contributed by atoms with Gasteiger partial charge in [0.15, 0.2) is 5.76 Å². The molecule has 1 fully saturated rings. The molecule has 2 aromatic rings. The van der Waals surface area contributed by atoms with Crippen molar-refractivity contribution in [2.75, 3.05) is 6.54 Å². The number of aromatic carboxylic acids is 1. The third-order valence-corrected chi connectivity index (χ3v) is 4.54. The summed E-state index contributed by atoms with van der Waals surface area (Å²) in [5, 5.41) is 8.96. The van der Waals surface area contributed by atoms with E-state index < -0.39 is 5.97 Å². The lowest BCUT2D eigenvalue weighted by molar-refractivity contribution is 0.0625. The van der Waals surface area contributed by atoms with E-state index in [9.17, 15) is 9.59 Å². The molecule has 1 aliphatic carbocycles. The summed E-state index contributed by atoms with van der Waals surface area (Å²) >= 11 is 0. The molecule has 1 saturated carbocycles. The molecule has 1 aliphatic rings. The smallest absolute Gasteiger partial charge is 0.371 e. The van der Waals surface area contributed by atoms with Crippen molar-refractivity contribution in [1.82, 2.24) is 4.90 Å². The Morgan fingerprint density at radius 2 is 1.71 bits per heavy atom. The van der Waals surface area contributed by atoms with E-state index in [0.29, 0.717) is 6.54 Å². The van der Waals surface area contributed by atoms with Gasteiger partial charge in [0.2, 0.25) is 5.76 Å². The molecule has 1 heterocycles. The monoisotopic (exact) mass is 327 g/mol. The molecule has 0 unspecified atom stereocenters. The maximum atomic E-state index is 12.8. The first-order valence-electron chi connectivity index (χ1n) is 8.33. The Hall–Kier alpha value is -2.56. The number of carboxylic acids is 1.